The SMILES string of the molecule is C/C=C\C=N/C(C)c1nn(Cc2ccccc2F)c(-c2ccccn2)c1C#N. The molecule has 0 aliphatic rings. The fraction of sp³-hybridized carbons (Fsp3) is 0.182. The molecule has 0 aliphatic carbocycles. The number of aliphatic imine (C=N–C) groups is 1. The van der Waals surface area contributed by atoms with Gasteiger partial charge in [-0.15, -0.1) is 0 Å². The number of nitriles is 1. The van der Waals surface area contributed by atoms with Crippen molar-refractivity contribution >= 4 is 6.21 Å². The maximum absolute atomic E-state index is 14.2. The second kappa shape index (κ2) is 8.87. The summed E-state index contributed by atoms with van der Waals surface area (Å²) in [6.07, 6.45) is 7.03. The molecule has 0 saturated carbocycles. The molecule has 6 heteroatoms. The van der Waals surface area contributed by atoms with E-state index in [1.165, 1.54) is 6.07 Å². The van der Waals surface area contributed by atoms with E-state index in [2.05, 4.69) is 21.1 Å². The van der Waals surface area contributed by atoms with Crippen molar-refractivity contribution < 1.29 is 4.39 Å². The summed E-state index contributed by atoms with van der Waals surface area (Å²) in [6.45, 7) is 3.97. The molecule has 140 valence electrons. The number of benzene rings is 1. The van der Waals surface area contributed by atoms with E-state index in [1.807, 2.05) is 38.1 Å². The highest BCUT2D eigenvalue weighted by Gasteiger charge is 2.24. The van der Waals surface area contributed by atoms with Gasteiger partial charge >= 0.3 is 0 Å². The Hall–Kier alpha value is -3.59. The maximum Gasteiger partial charge on any atom is 0.128 e. The number of halogens is 1. The summed E-state index contributed by atoms with van der Waals surface area (Å²) >= 11 is 0. The number of allylic oxidation sites excluding steroid dienone is 2. The predicted molar refractivity (Wildman–Crippen MR) is 107 cm³/mol. The number of aromatic nitrogens is 3. The van der Waals surface area contributed by atoms with E-state index in [-0.39, 0.29) is 18.4 Å². The predicted octanol–water partition coefficient (Wildman–Crippen LogP) is 4.71. The van der Waals surface area contributed by atoms with Crippen LogP contribution in [-0.2, 0) is 6.54 Å². The van der Waals surface area contributed by atoms with Crippen molar-refractivity contribution in [3.05, 3.63) is 83.5 Å². The second-order valence-electron chi connectivity index (χ2n) is 6.18. The van der Waals surface area contributed by atoms with E-state index in [0.29, 0.717) is 28.2 Å². The Kier molecular flexibility index (Phi) is 6.07. The van der Waals surface area contributed by atoms with E-state index in [9.17, 15) is 9.65 Å². The van der Waals surface area contributed by atoms with E-state index >= 15 is 0 Å². The van der Waals surface area contributed by atoms with Gasteiger partial charge in [0.2, 0.25) is 0 Å². The Balaban J connectivity index is 2.14. The molecule has 3 rings (SSSR count). The zero-order valence-corrected chi connectivity index (χ0v) is 15.7. The first kappa shape index (κ1) is 19.2. The number of pyridine rings is 1. The number of rotatable bonds is 6. The highest BCUT2D eigenvalue weighted by Crippen LogP contribution is 2.30. The molecule has 1 unspecified atom stereocenters. The molecule has 1 atom stereocenters. The standard InChI is InChI=1S/C22H20FN5/c1-3-4-12-25-16(2)21-18(14-24)22(20-11-7-8-13-26-20)28(27-21)15-17-9-5-6-10-19(17)23/h3-13,16H,15H2,1-2H3/b4-3-,25-12-. The zero-order chi connectivity index (χ0) is 19.9. The smallest absolute Gasteiger partial charge is 0.128 e. The van der Waals surface area contributed by atoms with E-state index in [4.69, 9.17) is 0 Å². The van der Waals surface area contributed by atoms with Crippen molar-refractivity contribution in [2.45, 2.75) is 26.4 Å². The summed E-state index contributed by atoms with van der Waals surface area (Å²) in [5, 5.41) is 14.5. The van der Waals surface area contributed by atoms with Crippen molar-refractivity contribution in [2.75, 3.05) is 0 Å². The molecule has 0 saturated heterocycles. The Morgan fingerprint density at radius 3 is 2.71 bits per heavy atom. The van der Waals surface area contributed by atoms with Gasteiger partial charge in [0.25, 0.3) is 0 Å². The van der Waals surface area contributed by atoms with Gasteiger partial charge in [-0.25, -0.2) is 4.39 Å². The van der Waals surface area contributed by atoms with Gasteiger partial charge < -0.3 is 0 Å². The van der Waals surface area contributed by atoms with Gasteiger partial charge in [0.05, 0.1) is 18.3 Å². The summed E-state index contributed by atoms with van der Waals surface area (Å²) in [6, 6.07) is 13.9. The van der Waals surface area contributed by atoms with Crippen LogP contribution >= 0.6 is 0 Å². The van der Waals surface area contributed by atoms with Crippen LogP contribution in [0.5, 0.6) is 0 Å². The molecule has 0 aliphatic heterocycles. The summed E-state index contributed by atoms with van der Waals surface area (Å²) in [5.74, 6) is -0.316. The highest BCUT2D eigenvalue weighted by molar-refractivity contribution is 5.71. The van der Waals surface area contributed by atoms with Crippen molar-refractivity contribution in [3.8, 4) is 17.5 Å². The van der Waals surface area contributed by atoms with Crippen LogP contribution in [-0.4, -0.2) is 21.0 Å². The molecule has 2 aromatic heterocycles. The Morgan fingerprint density at radius 1 is 1.25 bits per heavy atom. The molecule has 1 aromatic carbocycles. The Labute approximate surface area is 163 Å². The van der Waals surface area contributed by atoms with Gasteiger partial charge in [0.15, 0.2) is 0 Å². The minimum absolute atomic E-state index is 0.193. The Bertz CT molecular complexity index is 1040. The van der Waals surface area contributed by atoms with Crippen LogP contribution in [0.25, 0.3) is 11.4 Å². The lowest BCUT2D eigenvalue weighted by Crippen LogP contribution is -2.07. The molecular formula is C22H20FN5. The van der Waals surface area contributed by atoms with E-state index in [1.54, 1.807) is 41.4 Å². The quantitative estimate of drug-likeness (QED) is 0.588. The molecule has 28 heavy (non-hydrogen) atoms. The molecular weight excluding hydrogens is 353 g/mol. The van der Waals surface area contributed by atoms with Gasteiger partial charge in [-0.1, -0.05) is 30.3 Å². The van der Waals surface area contributed by atoms with Crippen molar-refractivity contribution in [3.63, 3.8) is 0 Å². The summed E-state index contributed by atoms with van der Waals surface area (Å²) in [7, 11) is 0. The second-order valence-corrected chi connectivity index (χ2v) is 6.18. The summed E-state index contributed by atoms with van der Waals surface area (Å²) < 4.78 is 15.8. The molecule has 0 radical (unpaired) electrons. The van der Waals surface area contributed by atoms with Gasteiger partial charge in [-0.2, -0.15) is 10.4 Å². The molecule has 5 nitrogen and oxygen atoms in total. The van der Waals surface area contributed by atoms with Crippen LogP contribution in [0.2, 0.25) is 0 Å². The number of hydrogen-bond acceptors (Lipinski definition) is 4. The minimum Gasteiger partial charge on any atom is -0.284 e. The molecule has 2 heterocycles. The van der Waals surface area contributed by atoms with Gasteiger partial charge in [-0.3, -0.25) is 14.7 Å². The number of nitrogens with zero attached hydrogens (tertiary/aromatic N) is 5. The lowest BCUT2D eigenvalue weighted by atomic mass is 10.1. The third-order valence-electron chi connectivity index (χ3n) is 4.26. The molecule has 0 spiro atoms. The third-order valence-corrected chi connectivity index (χ3v) is 4.26. The van der Waals surface area contributed by atoms with Crippen LogP contribution in [0.1, 0.15) is 36.7 Å². The van der Waals surface area contributed by atoms with E-state index in [0.717, 1.165) is 0 Å². The first-order valence-corrected chi connectivity index (χ1v) is 8.95. The highest BCUT2D eigenvalue weighted by atomic mass is 19.1. The molecule has 0 amide bonds. The normalized spacial score (nSPS) is 12.5. The van der Waals surface area contributed by atoms with Crippen LogP contribution in [0.4, 0.5) is 4.39 Å². The molecule has 3 aromatic rings. The summed E-state index contributed by atoms with van der Waals surface area (Å²) in [5.41, 5.74) is 2.61. The van der Waals surface area contributed by atoms with Crippen molar-refractivity contribution in [2.24, 2.45) is 4.99 Å². The molecule has 0 N–H and O–H groups in total. The minimum atomic E-state index is -0.324. The average Bonchev–Trinajstić information content (AvgIpc) is 3.09. The maximum atomic E-state index is 14.2. The first-order valence-electron chi connectivity index (χ1n) is 8.95. The molecule has 0 fully saturated rings. The van der Waals surface area contributed by atoms with Crippen molar-refractivity contribution in [1.82, 2.24) is 14.8 Å². The Morgan fingerprint density at radius 2 is 2.04 bits per heavy atom. The number of hydrogen-bond donors (Lipinski definition) is 0. The lowest BCUT2D eigenvalue weighted by molar-refractivity contribution is 0.581. The van der Waals surface area contributed by atoms with Crippen LogP contribution in [0.3, 0.4) is 0 Å². The molecule has 0 bridgehead atoms. The van der Waals surface area contributed by atoms with Crippen LogP contribution < -0.4 is 0 Å². The van der Waals surface area contributed by atoms with E-state index < -0.39 is 0 Å². The fourth-order valence-corrected chi connectivity index (χ4v) is 2.88. The first-order chi connectivity index (χ1) is 13.7. The third kappa shape index (κ3) is 4.04. The van der Waals surface area contributed by atoms with Gasteiger partial charge in [0.1, 0.15) is 28.8 Å². The van der Waals surface area contributed by atoms with Crippen LogP contribution in [0.15, 0.2) is 65.8 Å². The van der Waals surface area contributed by atoms with Crippen molar-refractivity contribution in [1.29, 1.82) is 5.26 Å². The van der Waals surface area contributed by atoms with Gasteiger partial charge in [-0.05, 0) is 38.1 Å². The fourth-order valence-electron chi connectivity index (χ4n) is 2.88. The average molecular weight is 373 g/mol. The summed E-state index contributed by atoms with van der Waals surface area (Å²) in [4.78, 5) is 8.81. The zero-order valence-electron chi connectivity index (χ0n) is 15.7. The monoisotopic (exact) mass is 373 g/mol. The lowest BCUT2D eigenvalue weighted by Gasteiger charge is -2.08. The topological polar surface area (TPSA) is 66.9 Å². The van der Waals surface area contributed by atoms with Crippen LogP contribution in [0, 0.1) is 17.1 Å². The van der Waals surface area contributed by atoms with Gasteiger partial charge in [0, 0.05) is 18.0 Å². The largest absolute Gasteiger partial charge is 0.284 e.